The first-order valence-electron chi connectivity index (χ1n) is 5.57. The van der Waals surface area contributed by atoms with E-state index in [2.05, 4.69) is 6.07 Å². The fourth-order valence-corrected chi connectivity index (χ4v) is 3.64. The van der Waals surface area contributed by atoms with Crippen LogP contribution in [0.25, 0.3) is 11.1 Å². The van der Waals surface area contributed by atoms with Gasteiger partial charge < -0.3 is 4.74 Å². The summed E-state index contributed by atoms with van der Waals surface area (Å²) < 4.78 is 18.5. The van der Waals surface area contributed by atoms with Crippen molar-refractivity contribution in [3.8, 4) is 17.2 Å². The van der Waals surface area contributed by atoms with E-state index in [1.165, 1.54) is 42.3 Å². The van der Waals surface area contributed by atoms with Crippen LogP contribution >= 0.6 is 23.1 Å². The van der Waals surface area contributed by atoms with Gasteiger partial charge in [0.15, 0.2) is 0 Å². The molecule has 0 amide bonds. The van der Waals surface area contributed by atoms with Gasteiger partial charge in [0.1, 0.15) is 16.8 Å². The molecule has 0 radical (unpaired) electrons. The lowest BCUT2D eigenvalue weighted by Gasteiger charge is -2.03. The molecule has 0 saturated heterocycles. The van der Waals surface area contributed by atoms with Crippen LogP contribution in [0.1, 0.15) is 15.2 Å². The number of nitriles is 1. The van der Waals surface area contributed by atoms with Crippen molar-refractivity contribution in [2.24, 2.45) is 0 Å². The van der Waals surface area contributed by atoms with Gasteiger partial charge in [-0.05, 0) is 24.0 Å². The molecule has 0 aliphatic carbocycles. The van der Waals surface area contributed by atoms with E-state index in [1.807, 2.05) is 6.26 Å². The third-order valence-corrected chi connectivity index (χ3v) is 4.97. The maximum Gasteiger partial charge on any atom is 0.348 e. The molecule has 20 heavy (non-hydrogen) atoms. The number of esters is 1. The molecule has 1 aromatic carbocycles. The van der Waals surface area contributed by atoms with E-state index in [0.29, 0.717) is 21.6 Å². The number of nitrogens with zero attached hydrogens (tertiary/aromatic N) is 1. The van der Waals surface area contributed by atoms with E-state index in [0.717, 1.165) is 4.21 Å². The van der Waals surface area contributed by atoms with Gasteiger partial charge in [0.25, 0.3) is 0 Å². The third-order valence-electron chi connectivity index (χ3n) is 2.68. The molecule has 0 bridgehead atoms. The zero-order chi connectivity index (χ0) is 14.7. The summed E-state index contributed by atoms with van der Waals surface area (Å²) in [7, 11) is 1.29. The summed E-state index contributed by atoms with van der Waals surface area (Å²) in [4.78, 5) is 12.2. The first-order chi connectivity index (χ1) is 9.62. The lowest BCUT2D eigenvalue weighted by molar-refractivity contribution is 0.0607. The number of ether oxygens (including phenoxy) is 1. The average molecular weight is 307 g/mol. The van der Waals surface area contributed by atoms with Gasteiger partial charge in [-0.25, -0.2) is 9.18 Å². The number of thioether (sulfide) groups is 1. The largest absolute Gasteiger partial charge is 0.465 e. The highest BCUT2D eigenvalue weighted by Crippen LogP contribution is 2.41. The molecule has 0 unspecified atom stereocenters. The predicted molar refractivity (Wildman–Crippen MR) is 77.5 cm³/mol. The van der Waals surface area contributed by atoms with Crippen molar-refractivity contribution in [1.29, 1.82) is 5.26 Å². The molecule has 3 nitrogen and oxygen atoms in total. The molecule has 0 atom stereocenters. The normalized spacial score (nSPS) is 10.1. The van der Waals surface area contributed by atoms with Crippen LogP contribution in [0, 0.1) is 17.1 Å². The summed E-state index contributed by atoms with van der Waals surface area (Å²) in [6.45, 7) is 0. The predicted octanol–water partition coefficient (Wildman–Crippen LogP) is 3.93. The Bertz CT molecular complexity index is 686. The second-order valence-corrected chi connectivity index (χ2v) is 5.88. The Labute approximate surface area is 124 Å². The van der Waals surface area contributed by atoms with Crippen molar-refractivity contribution in [3.05, 3.63) is 40.5 Å². The number of thiophene rings is 1. The topological polar surface area (TPSA) is 50.1 Å². The highest BCUT2D eigenvalue weighted by Gasteiger charge is 2.24. The molecule has 1 aromatic heterocycles. The average Bonchev–Trinajstić information content (AvgIpc) is 2.85. The maximum absolute atomic E-state index is 13.0. The number of rotatable bonds is 3. The van der Waals surface area contributed by atoms with Gasteiger partial charge in [-0.15, -0.1) is 23.1 Å². The molecule has 2 rings (SSSR count). The number of benzene rings is 1. The summed E-state index contributed by atoms with van der Waals surface area (Å²) in [5, 5.41) is 9.33. The Kier molecular flexibility index (Phi) is 4.42. The monoisotopic (exact) mass is 307 g/mol. The van der Waals surface area contributed by atoms with Crippen LogP contribution in [-0.4, -0.2) is 19.3 Å². The number of hydrogen-bond donors (Lipinski definition) is 0. The SMILES string of the molecule is COC(=O)c1sc(SC)c(C#N)c1-c1ccc(F)cc1. The first-order valence-corrected chi connectivity index (χ1v) is 7.61. The van der Waals surface area contributed by atoms with Crippen molar-refractivity contribution >= 4 is 29.1 Å². The number of halogens is 1. The molecular formula is C14H10FNO2S2. The van der Waals surface area contributed by atoms with E-state index in [1.54, 1.807) is 12.1 Å². The van der Waals surface area contributed by atoms with Crippen LogP contribution in [0.4, 0.5) is 4.39 Å². The minimum atomic E-state index is -0.494. The number of carbonyl (C=O) groups is 1. The zero-order valence-electron chi connectivity index (χ0n) is 10.8. The van der Waals surface area contributed by atoms with E-state index in [-0.39, 0.29) is 5.82 Å². The highest BCUT2D eigenvalue weighted by atomic mass is 32.2. The molecule has 6 heteroatoms. The molecule has 0 saturated carbocycles. The summed E-state index contributed by atoms with van der Waals surface area (Å²) in [5.41, 5.74) is 1.56. The quantitative estimate of drug-likeness (QED) is 0.637. The van der Waals surface area contributed by atoms with Gasteiger partial charge in [-0.3, -0.25) is 0 Å². The van der Waals surface area contributed by atoms with Crippen molar-refractivity contribution in [2.75, 3.05) is 13.4 Å². The number of carbonyl (C=O) groups excluding carboxylic acids is 1. The van der Waals surface area contributed by atoms with Crippen molar-refractivity contribution in [2.45, 2.75) is 4.21 Å². The third kappa shape index (κ3) is 2.55. The highest BCUT2D eigenvalue weighted by molar-refractivity contribution is 8.00. The molecule has 0 N–H and O–H groups in total. The standard InChI is InChI=1S/C14H10FNO2S2/c1-18-13(17)12-11(8-3-5-9(15)6-4-8)10(7-16)14(19-2)20-12/h3-6H,1-2H3. The second-order valence-electron chi connectivity index (χ2n) is 3.78. The molecule has 1 heterocycles. The van der Waals surface area contributed by atoms with Gasteiger partial charge in [0.2, 0.25) is 0 Å². The first kappa shape index (κ1) is 14.6. The van der Waals surface area contributed by atoms with E-state index in [4.69, 9.17) is 4.74 Å². The van der Waals surface area contributed by atoms with Crippen LogP contribution < -0.4 is 0 Å². The molecule has 2 aromatic rings. The minimum absolute atomic E-state index is 0.361. The molecule has 0 aliphatic heterocycles. The Morgan fingerprint density at radius 2 is 2.05 bits per heavy atom. The summed E-state index contributed by atoms with van der Waals surface area (Å²) in [6, 6.07) is 7.82. The smallest absolute Gasteiger partial charge is 0.348 e. The van der Waals surface area contributed by atoms with Crippen molar-refractivity contribution in [3.63, 3.8) is 0 Å². The van der Waals surface area contributed by atoms with Gasteiger partial charge in [-0.2, -0.15) is 5.26 Å². The molecular weight excluding hydrogens is 297 g/mol. The lowest BCUT2D eigenvalue weighted by Crippen LogP contribution is -2.00. The Morgan fingerprint density at radius 3 is 2.55 bits per heavy atom. The van der Waals surface area contributed by atoms with Crippen LogP contribution in [0.2, 0.25) is 0 Å². The van der Waals surface area contributed by atoms with Crippen LogP contribution in [0.3, 0.4) is 0 Å². The fraction of sp³-hybridized carbons (Fsp3) is 0.143. The Hall–Kier alpha value is -1.84. The van der Waals surface area contributed by atoms with Crippen LogP contribution in [-0.2, 0) is 4.74 Å². The summed E-state index contributed by atoms with van der Waals surface area (Å²) in [6.07, 6.45) is 1.84. The second kappa shape index (κ2) is 6.07. The lowest BCUT2D eigenvalue weighted by atomic mass is 10.0. The van der Waals surface area contributed by atoms with Gasteiger partial charge >= 0.3 is 5.97 Å². The number of methoxy groups -OCH3 is 1. The van der Waals surface area contributed by atoms with Crippen molar-refractivity contribution in [1.82, 2.24) is 0 Å². The fourth-order valence-electron chi connectivity index (χ4n) is 1.78. The molecule has 0 fully saturated rings. The maximum atomic E-state index is 13.0. The van der Waals surface area contributed by atoms with Gasteiger partial charge in [0.05, 0.1) is 16.9 Å². The zero-order valence-corrected chi connectivity index (χ0v) is 12.4. The van der Waals surface area contributed by atoms with E-state index in [9.17, 15) is 14.4 Å². The Morgan fingerprint density at radius 1 is 1.40 bits per heavy atom. The summed E-state index contributed by atoms with van der Waals surface area (Å²) in [5.74, 6) is -0.863. The van der Waals surface area contributed by atoms with Gasteiger partial charge in [0, 0.05) is 5.56 Å². The van der Waals surface area contributed by atoms with E-state index >= 15 is 0 Å². The minimum Gasteiger partial charge on any atom is -0.465 e. The van der Waals surface area contributed by atoms with Gasteiger partial charge in [-0.1, -0.05) is 12.1 Å². The van der Waals surface area contributed by atoms with Crippen LogP contribution in [0.5, 0.6) is 0 Å². The number of hydrogen-bond acceptors (Lipinski definition) is 5. The summed E-state index contributed by atoms with van der Waals surface area (Å²) >= 11 is 2.61. The molecule has 0 aliphatic rings. The van der Waals surface area contributed by atoms with E-state index < -0.39 is 5.97 Å². The molecule has 0 spiro atoms. The van der Waals surface area contributed by atoms with Crippen molar-refractivity contribution < 1.29 is 13.9 Å². The Balaban J connectivity index is 2.71. The van der Waals surface area contributed by atoms with Crippen LogP contribution in [0.15, 0.2) is 28.5 Å². The molecule has 102 valence electrons.